The van der Waals surface area contributed by atoms with Gasteiger partial charge >= 0.3 is 6.18 Å². The first-order valence-corrected chi connectivity index (χ1v) is 14.6. The van der Waals surface area contributed by atoms with Gasteiger partial charge in [-0.15, -0.1) is 0 Å². The molecule has 1 fully saturated rings. The van der Waals surface area contributed by atoms with Crippen LogP contribution in [-0.2, 0) is 6.18 Å². The second-order valence-electron chi connectivity index (χ2n) is 9.73. The quantitative estimate of drug-likeness (QED) is 0.219. The molecule has 1 aliphatic heterocycles. The summed E-state index contributed by atoms with van der Waals surface area (Å²) in [5, 5.41) is 15.9. The number of nitrogens with one attached hydrogen (secondary N) is 2. The fraction of sp³-hybridized carbons (Fsp3) is 0.300. The number of ether oxygens (including phenoxy) is 1. The van der Waals surface area contributed by atoms with Crippen molar-refractivity contribution in [3.8, 4) is 11.5 Å². The number of alkyl halides is 3. The highest BCUT2D eigenvalue weighted by molar-refractivity contribution is 8.10. The first-order chi connectivity index (χ1) is 19.7. The maximum Gasteiger partial charge on any atom is 0.422 e. The Morgan fingerprint density at radius 1 is 1.20 bits per heavy atom. The molecule has 4 rings (SSSR count). The van der Waals surface area contributed by atoms with E-state index in [4.69, 9.17) is 4.74 Å². The fourth-order valence-electron chi connectivity index (χ4n) is 4.68. The molecule has 0 unspecified atom stereocenters. The third-order valence-corrected chi connectivity index (χ3v) is 8.17. The molecular formula is C30H33F3N5OPS. The van der Waals surface area contributed by atoms with Gasteiger partial charge in [-0.3, -0.25) is 0 Å². The number of thioether (sulfide) groups is 1. The van der Waals surface area contributed by atoms with Crippen LogP contribution >= 0.6 is 20.6 Å². The van der Waals surface area contributed by atoms with Gasteiger partial charge in [-0.05, 0) is 80.6 Å². The van der Waals surface area contributed by atoms with E-state index in [-0.39, 0.29) is 17.4 Å². The van der Waals surface area contributed by atoms with Crippen LogP contribution in [-0.4, -0.2) is 42.3 Å². The molecule has 1 atom stereocenters. The lowest BCUT2D eigenvalue weighted by molar-refractivity contribution is -0.138. The Hall–Kier alpha value is -3.33. The molecule has 2 heterocycles. The van der Waals surface area contributed by atoms with Gasteiger partial charge < -0.3 is 20.3 Å². The van der Waals surface area contributed by atoms with Gasteiger partial charge in [0.15, 0.2) is 0 Å². The predicted octanol–water partition coefficient (Wildman–Crippen LogP) is 7.72. The number of hydrogen-bond acceptors (Lipinski definition) is 6. The van der Waals surface area contributed by atoms with E-state index in [2.05, 4.69) is 36.3 Å². The molecule has 11 heteroatoms. The number of para-hydroxylation sites is 1. The highest BCUT2D eigenvalue weighted by atomic mass is 32.2. The highest BCUT2D eigenvalue weighted by Gasteiger charge is 2.41. The molecule has 0 aliphatic carbocycles. The molecule has 6 nitrogen and oxygen atoms in total. The van der Waals surface area contributed by atoms with Gasteiger partial charge in [0.05, 0.1) is 29.2 Å². The molecular weight excluding hydrogens is 566 g/mol. The van der Waals surface area contributed by atoms with E-state index in [1.165, 1.54) is 17.8 Å². The van der Waals surface area contributed by atoms with Crippen molar-refractivity contribution in [2.24, 2.45) is 5.92 Å². The minimum atomic E-state index is -4.66. The van der Waals surface area contributed by atoms with Gasteiger partial charge in [-0.25, -0.2) is 0 Å². The number of benzene rings is 2. The average Bonchev–Trinajstić information content (AvgIpc) is 2.97. The third kappa shape index (κ3) is 8.12. The summed E-state index contributed by atoms with van der Waals surface area (Å²) >= 11 is 1.39. The zero-order valence-electron chi connectivity index (χ0n) is 23.0. The van der Waals surface area contributed by atoms with E-state index in [0.29, 0.717) is 29.9 Å². The summed E-state index contributed by atoms with van der Waals surface area (Å²) in [6, 6.07) is 13.4. The van der Waals surface area contributed by atoms with E-state index in [1.807, 2.05) is 30.3 Å². The minimum absolute atomic E-state index is 0.0789. The molecule has 1 aliphatic rings. The first kappa shape index (κ1) is 30.6. The zero-order valence-corrected chi connectivity index (χ0v) is 24.8. The molecule has 2 aromatic carbocycles. The number of nitrogens with zero attached hydrogens (tertiary/aromatic N) is 3. The topological polar surface area (TPSA) is 62.3 Å². The lowest BCUT2D eigenvalue weighted by Gasteiger charge is -2.37. The monoisotopic (exact) mass is 599 g/mol. The van der Waals surface area contributed by atoms with Crippen LogP contribution in [0.3, 0.4) is 0 Å². The second-order valence-corrected chi connectivity index (χ2v) is 11.2. The number of anilines is 2. The summed E-state index contributed by atoms with van der Waals surface area (Å²) in [6.45, 7) is 7.67. The second kappa shape index (κ2) is 14.0. The molecule has 41 heavy (non-hydrogen) atoms. The molecule has 0 amide bonds. The number of hydrogen-bond donors (Lipinski definition) is 2. The van der Waals surface area contributed by atoms with Crippen LogP contribution in [0.5, 0.6) is 11.5 Å². The van der Waals surface area contributed by atoms with E-state index in [1.54, 1.807) is 48.8 Å². The summed E-state index contributed by atoms with van der Waals surface area (Å²) in [7, 11) is 5.48. The number of aromatic nitrogens is 2. The van der Waals surface area contributed by atoms with Crippen LogP contribution in [0.2, 0.25) is 0 Å². The van der Waals surface area contributed by atoms with Crippen molar-refractivity contribution in [3.63, 3.8) is 0 Å². The smallest absolute Gasteiger partial charge is 0.422 e. The summed E-state index contributed by atoms with van der Waals surface area (Å²) in [5.74, 6) is 0.324. The van der Waals surface area contributed by atoms with Crippen molar-refractivity contribution in [1.29, 1.82) is 0 Å². The van der Waals surface area contributed by atoms with Crippen LogP contribution in [0.1, 0.15) is 30.9 Å². The van der Waals surface area contributed by atoms with Gasteiger partial charge in [0, 0.05) is 23.6 Å². The molecule has 1 saturated heterocycles. The van der Waals surface area contributed by atoms with Crippen molar-refractivity contribution < 1.29 is 17.9 Å². The van der Waals surface area contributed by atoms with E-state index in [0.717, 1.165) is 35.4 Å². The average molecular weight is 600 g/mol. The summed E-state index contributed by atoms with van der Waals surface area (Å²) in [4.78, 5) is 2.60. The molecule has 0 bridgehead atoms. The van der Waals surface area contributed by atoms with E-state index < -0.39 is 11.7 Å². The van der Waals surface area contributed by atoms with Crippen LogP contribution in [0.25, 0.3) is 4.91 Å². The Morgan fingerprint density at radius 3 is 2.66 bits per heavy atom. The van der Waals surface area contributed by atoms with Crippen LogP contribution in [0.15, 0.2) is 78.5 Å². The molecule has 0 spiro atoms. The van der Waals surface area contributed by atoms with Crippen molar-refractivity contribution in [3.05, 3.63) is 89.6 Å². The van der Waals surface area contributed by atoms with Gasteiger partial charge in [0.25, 0.3) is 0 Å². The first-order valence-electron chi connectivity index (χ1n) is 13.2. The molecule has 2 N–H and O–H groups in total. The molecule has 1 aromatic heterocycles. The lowest BCUT2D eigenvalue weighted by Crippen LogP contribution is -2.40. The fourth-order valence-corrected chi connectivity index (χ4v) is 5.68. The number of piperidine rings is 1. The standard InChI is InChI=1S/C30H33F3N5OPS/c1-20(19-41-21(2)23-13-14-35-36-17-23)29(40)37-25-11-12-26(39-24-9-5-4-6-10-24)27(30(31,32)33)28(25)38-15-7-8-22(18-38)16-34-3/h4-6,9-14,17,19,22,34,37,40H,2,7-8,15-16,18H2,1,3H3/b20-19+/t22-/m0/s1. The SMILES string of the molecule is C=C(S/C=C(\C)C(=P)Nc1ccc(Oc2ccccc2)c(C(F)(F)F)c1N1CCC[C@@H](CNC)C1)c1ccnnc1. The zero-order chi connectivity index (χ0) is 29.4. The lowest BCUT2D eigenvalue weighted by atomic mass is 9.96. The largest absolute Gasteiger partial charge is 0.457 e. The maximum absolute atomic E-state index is 14.9. The van der Waals surface area contributed by atoms with Crippen molar-refractivity contribution in [1.82, 2.24) is 15.5 Å². The molecule has 0 saturated carbocycles. The van der Waals surface area contributed by atoms with Gasteiger partial charge in [-0.1, -0.05) is 45.4 Å². The minimum Gasteiger partial charge on any atom is -0.457 e. The number of rotatable bonds is 11. The van der Waals surface area contributed by atoms with E-state index >= 15 is 0 Å². The highest BCUT2D eigenvalue weighted by Crippen LogP contribution is 2.48. The van der Waals surface area contributed by atoms with E-state index in [9.17, 15) is 13.2 Å². The summed E-state index contributed by atoms with van der Waals surface area (Å²) in [6.07, 6.45) is 0.300. The Bertz CT molecular complexity index is 1380. The summed E-state index contributed by atoms with van der Waals surface area (Å²) < 4.78 is 50.4. The molecule has 216 valence electrons. The molecule has 0 radical (unpaired) electrons. The molecule has 3 aromatic rings. The maximum atomic E-state index is 14.9. The summed E-state index contributed by atoms with van der Waals surface area (Å²) in [5.41, 5.74) is 1.77. The van der Waals surface area contributed by atoms with Crippen molar-refractivity contribution in [2.45, 2.75) is 25.9 Å². The van der Waals surface area contributed by atoms with Crippen LogP contribution < -0.4 is 20.3 Å². The Labute approximate surface area is 245 Å². The van der Waals surface area contributed by atoms with Crippen molar-refractivity contribution >= 4 is 42.3 Å². The Kier molecular flexibility index (Phi) is 10.5. The van der Waals surface area contributed by atoms with Crippen molar-refractivity contribution in [2.75, 3.05) is 36.9 Å². The Balaban J connectivity index is 1.69. The number of halogens is 3. The van der Waals surface area contributed by atoms with Gasteiger partial charge in [0.1, 0.15) is 17.1 Å². The normalized spacial score (nSPS) is 15.9. The van der Waals surface area contributed by atoms with Crippen LogP contribution in [0.4, 0.5) is 24.5 Å². The Morgan fingerprint density at radius 2 is 1.98 bits per heavy atom. The predicted molar refractivity (Wildman–Crippen MR) is 166 cm³/mol. The van der Waals surface area contributed by atoms with Gasteiger partial charge in [-0.2, -0.15) is 23.4 Å². The third-order valence-electron chi connectivity index (χ3n) is 6.66. The van der Waals surface area contributed by atoms with Crippen LogP contribution in [0, 0.1) is 5.92 Å². The van der Waals surface area contributed by atoms with Gasteiger partial charge in [0.2, 0.25) is 0 Å².